The first-order chi connectivity index (χ1) is 10.8. The normalized spacial score (nSPS) is 22.2. The molecular weight excluding hydrogens is 300 g/mol. The largest absolute Gasteiger partial charge is 0.365 e. The number of morpholine rings is 1. The highest BCUT2D eigenvalue weighted by Gasteiger charge is 2.31. The fourth-order valence-corrected chi connectivity index (χ4v) is 3.56. The van der Waals surface area contributed by atoms with Gasteiger partial charge in [-0.05, 0) is 12.1 Å². The standard InChI is InChI=1S/C15H18N4O2S/c16-10-12-2-1-3-14(17-12)19-4-7-21-13(11-19)15(20)18-5-8-22-9-6-18/h1-3,13H,4-9,11H2. The first-order valence-corrected chi connectivity index (χ1v) is 8.53. The molecule has 0 spiro atoms. The van der Waals surface area contributed by atoms with Crippen molar-refractivity contribution < 1.29 is 9.53 Å². The van der Waals surface area contributed by atoms with Gasteiger partial charge in [0.25, 0.3) is 5.91 Å². The van der Waals surface area contributed by atoms with Gasteiger partial charge in [0.15, 0.2) is 6.10 Å². The minimum absolute atomic E-state index is 0.0708. The molecule has 1 atom stereocenters. The second-order valence-corrected chi connectivity index (χ2v) is 6.46. The number of aromatic nitrogens is 1. The zero-order valence-electron chi connectivity index (χ0n) is 12.3. The molecule has 0 radical (unpaired) electrons. The van der Waals surface area contributed by atoms with E-state index in [0.29, 0.717) is 25.4 Å². The van der Waals surface area contributed by atoms with E-state index in [0.717, 1.165) is 30.4 Å². The molecule has 22 heavy (non-hydrogen) atoms. The third-order valence-corrected chi connectivity index (χ3v) is 4.78. The Bertz CT molecular complexity index is 583. The summed E-state index contributed by atoms with van der Waals surface area (Å²) in [7, 11) is 0. The first kappa shape index (κ1) is 15.1. The fraction of sp³-hybridized carbons (Fsp3) is 0.533. The molecule has 0 N–H and O–H groups in total. The van der Waals surface area contributed by atoms with Crippen LogP contribution >= 0.6 is 11.8 Å². The van der Waals surface area contributed by atoms with Crippen molar-refractivity contribution in [2.45, 2.75) is 6.10 Å². The van der Waals surface area contributed by atoms with Crippen molar-refractivity contribution in [3.05, 3.63) is 23.9 Å². The van der Waals surface area contributed by atoms with E-state index in [9.17, 15) is 4.79 Å². The number of carbonyl (C=O) groups excluding carboxylic acids is 1. The van der Waals surface area contributed by atoms with E-state index < -0.39 is 6.10 Å². The second kappa shape index (κ2) is 6.99. The number of nitriles is 1. The molecule has 0 saturated carbocycles. The van der Waals surface area contributed by atoms with Gasteiger partial charge in [-0.15, -0.1) is 0 Å². The molecule has 3 rings (SSSR count). The van der Waals surface area contributed by atoms with Gasteiger partial charge in [-0.2, -0.15) is 17.0 Å². The monoisotopic (exact) mass is 318 g/mol. The highest BCUT2D eigenvalue weighted by Crippen LogP contribution is 2.18. The topological polar surface area (TPSA) is 69.5 Å². The molecule has 0 aromatic carbocycles. The molecular formula is C15H18N4O2S. The number of rotatable bonds is 2. The molecule has 1 aromatic rings. The lowest BCUT2D eigenvalue weighted by Crippen LogP contribution is -2.52. The van der Waals surface area contributed by atoms with Gasteiger partial charge < -0.3 is 14.5 Å². The summed E-state index contributed by atoms with van der Waals surface area (Å²) in [5.74, 6) is 2.79. The SMILES string of the molecule is N#Cc1cccc(N2CCOC(C(=O)N3CCSCC3)C2)n1. The maximum Gasteiger partial charge on any atom is 0.253 e. The predicted molar refractivity (Wildman–Crippen MR) is 84.8 cm³/mol. The van der Waals surface area contributed by atoms with Crippen molar-refractivity contribution in [2.24, 2.45) is 0 Å². The van der Waals surface area contributed by atoms with Crippen molar-refractivity contribution in [1.29, 1.82) is 5.26 Å². The lowest BCUT2D eigenvalue weighted by Gasteiger charge is -2.36. The van der Waals surface area contributed by atoms with E-state index >= 15 is 0 Å². The lowest BCUT2D eigenvalue weighted by atomic mass is 10.2. The number of anilines is 1. The Hall–Kier alpha value is -1.78. The van der Waals surface area contributed by atoms with Gasteiger partial charge in [0, 0.05) is 31.1 Å². The molecule has 1 amide bonds. The molecule has 3 heterocycles. The minimum atomic E-state index is -0.440. The molecule has 2 fully saturated rings. The van der Waals surface area contributed by atoms with E-state index in [1.165, 1.54) is 0 Å². The molecule has 0 bridgehead atoms. The van der Waals surface area contributed by atoms with Crippen LogP contribution in [0.4, 0.5) is 5.82 Å². The van der Waals surface area contributed by atoms with Crippen LogP contribution in [-0.4, -0.2) is 66.2 Å². The Morgan fingerprint density at radius 1 is 1.36 bits per heavy atom. The number of nitrogens with zero attached hydrogens (tertiary/aromatic N) is 4. The number of carbonyl (C=O) groups is 1. The van der Waals surface area contributed by atoms with Crippen molar-refractivity contribution in [1.82, 2.24) is 9.88 Å². The van der Waals surface area contributed by atoms with E-state index in [1.807, 2.05) is 39.8 Å². The van der Waals surface area contributed by atoms with E-state index in [1.54, 1.807) is 6.07 Å². The number of thioether (sulfide) groups is 1. The molecule has 1 aromatic heterocycles. The zero-order valence-corrected chi connectivity index (χ0v) is 13.1. The molecule has 2 aliphatic heterocycles. The fourth-order valence-electron chi connectivity index (χ4n) is 2.66. The summed E-state index contributed by atoms with van der Waals surface area (Å²) in [6, 6.07) is 7.40. The van der Waals surface area contributed by atoms with Crippen LogP contribution in [0.25, 0.3) is 0 Å². The highest BCUT2D eigenvalue weighted by atomic mass is 32.2. The van der Waals surface area contributed by atoms with Gasteiger partial charge in [0.2, 0.25) is 0 Å². The van der Waals surface area contributed by atoms with E-state index in [-0.39, 0.29) is 5.91 Å². The molecule has 2 aliphatic rings. The first-order valence-electron chi connectivity index (χ1n) is 7.38. The quantitative estimate of drug-likeness (QED) is 0.801. The summed E-state index contributed by atoms with van der Waals surface area (Å²) in [6.45, 7) is 3.26. The van der Waals surface area contributed by atoms with Gasteiger partial charge in [-0.3, -0.25) is 4.79 Å². The van der Waals surface area contributed by atoms with Crippen molar-refractivity contribution in [3.8, 4) is 6.07 Å². The zero-order chi connectivity index (χ0) is 15.4. The van der Waals surface area contributed by atoms with Crippen LogP contribution in [0.1, 0.15) is 5.69 Å². The summed E-state index contributed by atoms with van der Waals surface area (Å²) >= 11 is 1.88. The Labute approximate surface area is 134 Å². The second-order valence-electron chi connectivity index (χ2n) is 5.24. The van der Waals surface area contributed by atoms with Gasteiger partial charge in [-0.25, -0.2) is 4.98 Å². The molecule has 0 aliphatic carbocycles. The van der Waals surface area contributed by atoms with E-state index in [4.69, 9.17) is 10.00 Å². The molecule has 2 saturated heterocycles. The van der Waals surface area contributed by atoms with Crippen LogP contribution in [0, 0.1) is 11.3 Å². The van der Waals surface area contributed by atoms with Crippen LogP contribution < -0.4 is 4.90 Å². The average Bonchev–Trinajstić information content (AvgIpc) is 2.62. The lowest BCUT2D eigenvalue weighted by molar-refractivity contribution is -0.144. The highest BCUT2D eigenvalue weighted by molar-refractivity contribution is 7.99. The maximum atomic E-state index is 12.5. The van der Waals surface area contributed by atoms with Crippen LogP contribution in [0.2, 0.25) is 0 Å². The Kier molecular flexibility index (Phi) is 4.80. The number of hydrogen-bond acceptors (Lipinski definition) is 6. The summed E-state index contributed by atoms with van der Waals surface area (Å²) in [6.07, 6.45) is -0.440. The molecule has 6 nitrogen and oxygen atoms in total. The number of hydrogen-bond donors (Lipinski definition) is 0. The van der Waals surface area contributed by atoms with Crippen LogP contribution in [-0.2, 0) is 9.53 Å². The Morgan fingerprint density at radius 2 is 2.18 bits per heavy atom. The van der Waals surface area contributed by atoms with Crippen molar-refractivity contribution >= 4 is 23.5 Å². The summed E-state index contributed by atoms with van der Waals surface area (Å²) in [5.41, 5.74) is 0.389. The average molecular weight is 318 g/mol. The van der Waals surface area contributed by atoms with Gasteiger partial charge >= 0.3 is 0 Å². The third-order valence-electron chi connectivity index (χ3n) is 3.84. The summed E-state index contributed by atoms with van der Waals surface area (Å²) in [4.78, 5) is 20.8. The summed E-state index contributed by atoms with van der Waals surface area (Å²) in [5, 5.41) is 8.95. The maximum absolute atomic E-state index is 12.5. The Balaban J connectivity index is 1.68. The van der Waals surface area contributed by atoms with E-state index in [2.05, 4.69) is 4.98 Å². The Morgan fingerprint density at radius 3 is 2.95 bits per heavy atom. The van der Waals surface area contributed by atoms with Crippen molar-refractivity contribution in [2.75, 3.05) is 49.2 Å². The van der Waals surface area contributed by atoms with Gasteiger partial charge in [0.05, 0.1) is 13.2 Å². The van der Waals surface area contributed by atoms with Crippen molar-refractivity contribution in [3.63, 3.8) is 0 Å². The molecule has 116 valence electrons. The summed E-state index contributed by atoms with van der Waals surface area (Å²) < 4.78 is 5.67. The van der Waals surface area contributed by atoms with Gasteiger partial charge in [0.1, 0.15) is 17.6 Å². The molecule has 1 unspecified atom stereocenters. The molecule has 7 heteroatoms. The third kappa shape index (κ3) is 3.34. The van der Waals surface area contributed by atoms with Crippen LogP contribution in [0.5, 0.6) is 0 Å². The minimum Gasteiger partial charge on any atom is -0.365 e. The van der Waals surface area contributed by atoms with Crippen LogP contribution in [0.15, 0.2) is 18.2 Å². The number of amides is 1. The predicted octanol–water partition coefficient (Wildman–Crippen LogP) is 0.734. The smallest absolute Gasteiger partial charge is 0.253 e. The van der Waals surface area contributed by atoms with Crippen LogP contribution in [0.3, 0.4) is 0 Å². The number of ether oxygens (including phenoxy) is 1. The number of pyridine rings is 1. The van der Waals surface area contributed by atoms with Gasteiger partial charge in [-0.1, -0.05) is 6.07 Å².